The van der Waals surface area contributed by atoms with Gasteiger partial charge in [0.2, 0.25) is 11.8 Å². The van der Waals surface area contributed by atoms with E-state index in [0.29, 0.717) is 45.2 Å². The van der Waals surface area contributed by atoms with E-state index >= 15 is 0 Å². The minimum Gasteiger partial charge on any atom is -0.465 e. The van der Waals surface area contributed by atoms with Crippen LogP contribution in [0, 0.1) is 11.8 Å². The summed E-state index contributed by atoms with van der Waals surface area (Å²) in [6, 6.07) is -0.649. The molecule has 0 radical (unpaired) electrons. The van der Waals surface area contributed by atoms with E-state index in [1.165, 1.54) is 6.42 Å². The third-order valence-corrected chi connectivity index (χ3v) is 9.01. The van der Waals surface area contributed by atoms with E-state index in [1.807, 2.05) is 11.8 Å². The van der Waals surface area contributed by atoms with Crippen LogP contribution in [0.25, 0.3) is 0 Å². The molecule has 3 saturated heterocycles. The van der Waals surface area contributed by atoms with Crippen LogP contribution in [0.3, 0.4) is 0 Å². The summed E-state index contributed by atoms with van der Waals surface area (Å²) >= 11 is 0. The topological polar surface area (TPSA) is 96.4 Å². The molecule has 0 aromatic rings. The molecule has 4 fully saturated rings. The fourth-order valence-corrected chi connectivity index (χ4v) is 7.31. The number of hydrogen-bond donors (Lipinski definition) is 1. The fraction of sp³-hybridized carbons (Fsp3) is 0.759. The number of ether oxygens (including phenoxy) is 2. The monoisotopic (exact) mass is 516 g/mol. The first-order valence-electron chi connectivity index (χ1n) is 14.1. The minimum atomic E-state index is -1.03. The number of amides is 2. The number of fused-ring (bicyclic) bond motifs is 1. The Hall–Kier alpha value is -2.19. The van der Waals surface area contributed by atoms with Gasteiger partial charge >= 0.3 is 5.97 Å². The van der Waals surface area contributed by atoms with Crippen LogP contribution in [0.15, 0.2) is 25.3 Å². The summed E-state index contributed by atoms with van der Waals surface area (Å²) in [6.07, 6.45) is 12.5. The van der Waals surface area contributed by atoms with Gasteiger partial charge in [-0.3, -0.25) is 14.4 Å². The SMILES string of the molecule is C=CCCOC(=O)[C@H]1[C@H]2C(=O)N(CCCCCO)C(C(=O)N(CC=C)C3CCCCC3)C23CC[C@]1(C)O3. The maximum absolute atomic E-state index is 14.4. The lowest BCUT2D eigenvalue weighted by Gasteiger charge is -2.40. The quantitative estimate of drug-likeness (QED) is 0.229. The average Bonchev–Trinajstić information content (AvgIpc) is 3.46. The van der Waals surface area contributed by atoms with Gasteiger partial charge in [0.15, 0.2) is 0 Å². The predicted molar refractivity (Wildman–Crippen MR) is 139 cm³/mol. The molecule has 1 N–H and O–H groups in total. The van der Waals surface area contributed by atoms with Crippen molar-refractivity contribution in [3.63, 3.8) is 0 Å². The highest BCUT2D eigenvalue weighted by Crippen LogP contribution is 2.63. The third kappa shape index (κ3) is 4.99. The zero-order chi connectivity index (χ0) is 26.6. The van der Waals surface area contributed by atoms with Gasteiger partial charge in [0.05, 0.1) is 18.1 Å². The normalized spacial score (nSPS) is 32.9. The van der Waals surface area contributed by atoms with Crippen LogP contribution in [-0.2, 0) is 23.9 Å². The lowest BCUT2D eigenvalue weighted by molar-refractivity contribution is -0.160. The lowest BCUT2D eigenvalue weighted by Crippen LogP contribution is -2.58. The van der Waals surface area contributed by atoms with Gasteiger partial charge in [0.25, 0.3) is 0 Å². The van der Waals surface area contributed by atoms with Crippen molar-refractivity contribution < 1.29 is 29.0 Å². The molecule has 4 rings (SSSR count). The van der Waals surface area contributed by atoms with E-state index in [9.17, 15) is 19.5 Å². The Morgan fingerprint density at radius 2 is 1.92 bits per heavy atom. The molecular formula is C29H44N2O6. The van der Waals surface area contributed by atoms with Crippen molar-refractivity contribution in [3.05, 3.63) is 25.3 Å². The van der Waals surface area contributed by atoms with Crippen LogP contribution >= 0.6 is 0 Å². The number of aliphatic hydroxyl groups is 1. The Labute approximate surface area is 221 Å². The van der Waals surface area contributed by atoms with E-state index in [1.54, 1.807) is 17.1 Å². The largest absolute Gasteiger partial charge is 0.465 e. The standard InChI is InChI=1S/C29H44N2O6/c1-4-6-20-36-27(35)23-22-25(33)31(18-11-8-12-19-32)24(29(22)16-15-28(23,3)37-29)26(34)30(17-5-2)21-13-9-7-10-14-21/h4-5,21-24,32H,1-2,6-20H2,3H3/t22-,23+,24?,28-,29?/m0/s1. The summed E-state index contributed by atoms with van der Waals surface area (Å²) < 4.78 is 12.3. The van der Waals surface area contributed by atoms with Crippen LogP contribution in [0.1, 0.15) is 77.6 Å². The number of nitrogens with zero attached hydrogens (tertiary/aromatic N) is 2. The van der Waals surface area contributed by atoms with Crippen molar-refractivity contribution in [1.29, 1.82) is 0 Å². The van der Waals surface area contributed by atoms with E-state index in [0.717, 1.165) is 32.1 Å². The Morgan fingerprint density at radius 1 is 1.16 bits per heavy atom. The van der Waals surface area contributed by atoms with Crippen molar-refractivity contribution in [2.45, 2.75) is 101 Å². The molecule has 3 aliphatic heterocycles. The van der Waals surface area contributed by atoms with Gasteiger partial charge < -0.3 is 24.4 Å². The highest BCUT2D eigenvalue weighted by atomic mass is 16.6. The number of hydrogen-bond acceptors (Lipinski definition) is 6. The van der Waals surface area contributed by atoms with Crippen molar-refractivity contribution in [2.24, 2.45) is 11.8 Å². The first-order valence-corrected chi connectivity index (χ1v) is 14.1. The van der Waals surface area contributed by atoms with E-state index in [4.69, 9.17) is 9.47 Å². The van der Waals surface area contributed by atoms with Gasteiger partial charge in [0, 0.05) is 25.7 Å². The lowest BCUT2D eigenvalue weighted by atomic mass is 9.66. The molecule has 8 heteroatoms. The summed E-state index contributed by atoms with van der Waals surface area (Å²) in [4.78, 5) is 45.4. The van der Waals surface area contributed by atoms with Crippen molar-refractivity contribution in [1.82, 2.24) is 9.80 Å². The molecule has 2 unspecified atom stereocenters. The van der Waals surface area contributed by atoms with E-state index in [2.05, 4.69) is 13.2 Å². The molecule has 0 aromatic heterocycles. The summed E-state index contributed by atoms with van der Waals surface area (Å²) in [5, 5.41) is 9.23. The Kier molecular flexibility index (Phi) is 8.79. The molecule has 2 bridgehead atoms. The smallest absolute Gasteiger partial charge is 0.312 e. The van der Waals surface area contributed by atoms with Gasteiger partial charge in [0.1, 0.15) is 17.6 Å². The predicted octanol–water partition coefficient (Wildman–Crippen LogP) is 3.38. The molecule has 37 heavy (non-hydrogen) atoms. The van der Waals surface area contributed by atoms with Gasteiger partial charge in [-0.25, -0.2) is 0 Å². The Balaban J connectivity index is 1.68. The second kappa shape index (κ2) is 11.7. The number of likely N-dealkylation sites (tertiary alicyclic amines) is 1. The summed E-state index contributed by atoms with van der Waals surface area (Å²) in [6.45, 7) is 10.6. The average molecular weight is 517 g/mol. The number of aliphatic hydroxyl groups excluding tert-OH is 1. The van der Waals surface area contributed by atoms with Crippen molar-refractivity contribution in [3.8, 4) is 0 Å². The van der Waals surface area contributed by atoms with Crippen molar-refractivity contribution in [2.75, 3.05) is 26.3 Å². The second-order valence-electron chi connectivity index (χ2n) is 11.4. The molecule has 5 atom stereocenters. The van der Waals surface area contributed by atoms with Crippen LogP contribution < -0.4 is 0 Å². The van der Waals surface area contributed by atoms with Gasteiger partial charge in [-0.1, -0.05) is 31.4 Å². The van der Waals surface area contributed by atoms with Crippen LogP contribution in [0.2, 0.25) is 0 Å². The Bertz CT molecular complexity index is 886. The number of carbonyl (C=O) groups is 3. The molecule has 4 aliphatic rings. The maximum Gasteiger partial charge on any atom is 0.312 e. The van der Waals surface area contributed by atoms with Gasteiger partial charge in [-0.2, -0.15) is 0 Å². The van der Waals surface area contributed by atoms with E-state index < -0.39 is 35.0 Å². The molecule has 2 amide bonds. The molecule has 1 saturated carbocycles. The molecule has 206 valence electrons. The van der Waals surface area contributed by atoms with Crippen LogP contribution in [0.4, 0.5) is 0 Å². The fourth-order valence-electron chi connectivity index (χ4n) is 7.31. The number of carbonyl (C=O) groups excluding carboxylic acids is 3. The second-order valence-corrected chi connectivity index (χ2v) is 11.4. The first-order chi connectivity index (χ1) is 17.8. The number of esters is 1. The molecule has 3 heterocycles. The van der Waals surface area contributed by atoms with Crippen molar-refractivity contribution >= 4 is 17.8 Å². The van der Waals surface area contributed by atoms with E-state index in [-0.39, 0.29) is 31.1 Å². The minimum absolute atomic E-state index is 0.0882. The zero-order valence-corrected chi connectivity index (χ0v) is 22.4. The maximum atomic E-state index is 14.4. The molecule has 8 nitrogen and oxygen atoms in total. The van der Waals surface area contributed by atoms with Crippen LogP contribution in [0.5, 0.6) is 0 Å². The summed E-state index contributed by atoms with van der Waals surface area (Å²) in [7, 11) is 0. The van der Waals surface area contributed by atoms with Gasteiger partial charge in [-0.15, -0.1) is 13.2 Å². The molecule has 1 spiro atoms. The molecular weight excluding hydrogens is 472 g/mol. The highest BCUT2D eigenvalue weighted by Gasteiger charge is 2.78. The zero-order valence-electron chi connectivity index (χ0n) is 22.4. The number of rotatable bonds is 13. The first kappa shape index (κ1) is 27.8. The Morgan fingerprint density at radius 3 is 2.59 bits per heavy atom. The summed E-state index contributed by atoms with van der Waals surface area (Å²) in [5.41, 5.74) is -1.86. The molecule has 1 aliphatic carbocycles. The number of unbranched alkanes of at least 4 members (excludes halogenated alkanes) is 2. The highest BCUT2D eigenvalue weighted by molar-refractivity contribution is 5.98. The van der Waals surface area contributed by atoms with Gasteiger partial charge in [-0.05, 0) is 58.3 Å². The third-order valence-electron chi connectivity index (χ3n) is 9.01. The molecule has 0 aromatic carbocycles. The summed E-state index contributed by atoms with van der Waals surface area (Å²) in [5.74, 6) is -2.16. The van der Waals surface area contributed by atoms with Crippen LogP contribution in [-0.4, -0.2) is 82.3 Å².